The van der Waals surface area contributed by atoms with Crippen LogP contribution in [-0.4, -0.2) is 9.13 Å². The largest absolute Gasteiger partial charge is 0.417 e. The number of hydrogen-bond acceptors (Lipinski definition) is 9. The van der Waals surface area contributed by atoms with Crippen molar-refractivity contribution in [2.24, 2.45) is 0 Å². The molecular weight excluding hydrogens is 1190 g/mol. The molecule has 17 heteroatoms. The molecule has 13 aromatic rings. The summed E-state index contributed by atoms with van der Waals surface area (Å²) >= 11 is 0. The molecule has 94 heavy (non-hydrogen) atoms. The average Bonchev–Trinajstić information content (AvgIpc) is 1.52. The molecular formula is C77H33F6N11. The van der Waals surface area contributed by atoms with Gasteiger partial charge in [0.1, 0.15) is 0 Å². The van der Waals surface area contributed by atoms with Crippen LogP contribution in [0.25, 0.3) is 122 Å². The third kappa shape index (κ3) is 10.4. The molecule has 0 aliphatic rings. The molecule has 13 rings (SSSR count). The van der Waals surface area contributed by atoms with Crippen LogP contribution in [-0.2, 0) is 12.4 Å². The zero-order chi connectivity index (χ0) is 65.9. The second-order valence-electron chi connectivity index (χ2n) is 22.0. The Hall–Kier alpha value is -14.0. The molecule has 11 aromatic carbocycles. The van der Waals surface area contributed by atoms with Gasteiger partial charge in [-0.05, 0) is 219 Å². The van der Waals surface area contributed by atoms with Gasteiger partial charge in [0.05, 0.1) is 149 Å². The van der Waals surface area contributed by atoms with Crippen LogP contribution in [0.15, 0.2) is 200 Å². The fourth-order valence-electron chi connectivity index (χ4n) is 12.3. The van der Waals surface area contributed by atoms with Crippen LogP contribution in [0.3, 0.4) is 0 Å². The molecule has 0 saturated heterocycles. The summed E-state index contributed by atoms with van der Waals surface area (Å²) in [5, 5.41) is 93.4. The number of halogens is 6. The van der Waals surface area contributed by atoms with Crippen molar-refractivity contribution in [3.8, 4) is 133 Å². The summed E-state index contributed by atoms with van der Waals surface area (Å²) in [5.74, 6) is 0. The maximum Gasteiger partial charge on any atom is 0.417 e. The summed E-state index contributed by atoms with van der Waals surface area (Å²) < 4.78 is 92.9. The van der Waals surface area contributed by atoms with Crippen molar-refractivity contribution in [1.82, 2.24) is 9.13 Å². The fraction of sp³-hybridized carbons (Fsp3) is 0.0260. The first-order valence-electron chi connectivity index (χ1n) is 28.3. The molecule has 0 aliphatic heterocycles. The van der Waals surface area contributed by atoms with Crippen LogP contribution in [0.1, 0.15) is 61.2 Å². The maximum atomic E-state index is 15.4. The minimum absolute atomic E-state index is 0.0700. The number of alkyl halides is 6. The summed E-state index contributed by atoms with van der Waals surface area (Å²) in [5.41, 5.74) is 5.70. The van der Waals surface area contributed by atoms with Crippen LogP contribution in [0.2, 0.25) is 0 Å². The van der Waals surface area contributed by atoms with Crippen molar-refractivity contribution in [2.75, 3.05) is 0 Å². The van der Waals surface area contributed by atoms with Crippen LogP contribution in [0, 0.1) is 102 Å². The molecule has 0 amide bonds. The van der Waals surface area contributed by atoms with Gasteiger partial charge in [-0.15, -0.1) is 0 Å². The van der Waals surface area contributed by atoms with Crippen molar-refractivity contribution in [1.29, 1.82) is 47.4 Å². The molecule has 0 fully saturated rings. The van der Waals surface area contributed by atoms with Crippen molar-refractivity contribution in [3.63, 3.8) is 0 Å². The van der Waals surface area contributed by atoms with E-state index < -0.39 is 29.0 Å². The van der Waals surface area contributed by atoms with E-state index in [1.165, 1.54) is 36.4 Å². The van der Waals surface area contributed by atoms with Crippen molar-refractivity contribution >= 4 is 43.6 Å². The number of nitriles is 9. The van der Waals surface area contributed by atoms with Gasteiger partial charge < -0.3 is 9.13 Å². The zero-order valence-corrected chi connectivity index (χ0v) is 48.2. The minimum Gasteiger partial charge on any atom is -0.309 e. The van der Waals surface area contributed by atoms with Crippen molar-refractivity contribution in [2.45, 2.75) is 12.4 Å². The van der Waals surface area contributed by atoms with E-state index >= 15 is 13.2 Å². The van der Waals surface area contributed by atoms with E-state index in [1.54, 1.807) is 109 Å². The molecule has 2 heterocycles. The molecule has 0 atom stereocenters. The SMILES string of the molecule is N#Cc1cc(C#N)cc(-c2ccc3c(c2)c2cc(-c4cc(C#N)cc(C#N)c4)ccc2n3-c2ccc(C#N)cc2-c2cc(-c3ccc(C(F)(F)F)cc3C(F)(F)F)ccc2-n2c3ccc(-c4cc(C#N)cc(C#N)c4)cc3c3cc(-c4cc(C#N)cc(C#N)c4)ccc32)c1. The Morgan fingerprint density at radius 1 is 0.234 bits per heavy atom. The van der Waals surface area contributed by atoms with Crippen molar-refractivity contribution < 1.29 is 26.3 Å². The van der Waals surface area contributed by atoms with Gasteiger partial charge in [-0.3, -0.25) is 0 Å². The number of benzene rings is 11. The molecule has 0 N–H and O–H groups in total. The third-order valence-corrected chi connectivity index (χ3v) is 16.5. The Labute approximate surface area is 530 Å². The molecule has 0 saturated carbocycles. The Morgan fingerprint density at radius 2 is 0.532 bits per heavy atom. The van der Waals surface area contributed by atoms with Gasteiger partial charge in [0.2, 0.25) is 0 Å². The second kappa shape index (κ2) is 22.9. The van der Waals surface area contributed by atoms with Crippen molar-refractivity contribution in [3.05, 3.63) is 261 Å². The average molecular weight is 1230 g/mol. The van der Waals surface area contributed by atoms with E-state index in [0.29, 0.717) is 106 Å². The number of hydrogen-bond donors (Lipinski definition) is 0. The lowest BCUT2D eigenvalue weighted by molar-refractivity contribution is -0.142. The summed E-state index contributed by atoms with van der Waals surface area (Å²) in [6, 6.07) is 70.4. The van der Waals surface area contributed by atoms with Crippen LogP contribution >= 0.6 is 0 Å². The van der Waals surface area contributed by atoms with Gasteiger partial charge in [-0.25, -0.2) is 0 Å². The lowest BCUT2D eigenvalue weighted by atomic mass is 9.91. The number of fused-ring (bicyclic) bond motifs is 6. The quantitative estimate of drug-likeness (QED) is 0.132. The molecule has 2 aromatic heterocycles. The van der Waals surface area contributed by atoms with Gasteiger partial charge in [-0.1, -0.05) is 36.4 Å². The van der Waals surface area contributed by atoms with E-state index in [2.05, 4.69) is 54.6 Å². The van der Waals surface area contributed by atoms with Gasteiger partial charge in [0.25, 0.3) is 0 Å². The lowest BCUT2D eigenvalue weighted by Crippen LogP contribution is -2.12. The minimum atomic E-state index is -5.30. The molecule has 438 valence electrons. The van der Waals surface area contributed by atoms with Gasteiger partial charge in [0.15, 0.2) is 0 Å². The molecule has 11 nitrogen and oxygen atoms in total. The predicted molar refractivity (Wildman–Crippen MR) is 340 cm³/mol. The highest BCUT2D eigenvalue weighted by molar-refractivity contribution is 6.14. The third-order valence-electron chi connectivity index (χ3n) is 16.5. The highest BCUT2D eigenvalue weighted by Crippen LogP contribution is 2.48. The highest BCUT2D eigenvalue weighted by Gasteiger charge is 2.39. The Kier molecular flexibility index (Phi) is 14.4. The summed E-state index contributed by atoms with van der Waals surface area (Å²) in [7, 11) is 0. The Balaban J connectivity index is 1.15. The zero-order valence-electron chi connectivity index (χ0n) is 48.2. The number of nitrogens with zero attached hydrogens (tertiary/aromatic N) is 11. The maximum absolute atomic E-state index is 15.4. The fourth-order valence-corrected chi connectivity index (χ4v) is 12.3. The number of rotatable bonds is 8. The van der Waals surface area contributed by atoms with E-state index in [9.17, 15) is 60.5 Å². The molecule has 0 bridgehead atoms. The number of aromatic nitrogens is 2. The summed E-state index contributed by atoms with van der Waals surface area (Å²) in [4.78, 5) is 0. The van der Waals surface area contributed by atoms with E-state index in [0.717, 1.165) is 6.07 Å². The van der Waals surface area contributed by atoms with Gasteiger partial charge in [-0.2, -0.15) is 73.7 Å². The second-order valence-corrected chi connectivity index (χ2v) is 22.0. The molecule has 0 unspecified atom stereocenters. The summed E-state index contributed by atoms with van der Waals surface area (Å²) in [6.45, 7) is 0. The topological polar surface area (TPSA) is 224 Å². The first-order valence-corrected chi connectivity index (χ1v) is 28.3. The van der Waals surface area contributed by atoms with Gasteiger partial charge >= 0.3 is 12.4 Å². The molecule has 0 spiro atoms. The monoisotopic (exact) mass is 1230 g/mol. The van der Waals surface area contributed by atoms with E-state index in [-0.39, 0.29) is 72.8 Å². The summed E-state index contributed by atoms with van der Waals surface area (Å²) in [6.07, 6.45) is -10.4. The Bertz CT molecular complexity index is 5520. The van der Waals surface area contributed by atoms with Gasteiger partial charge in [0, 0.05) is 32.7 Å². The van der Waals surface area contributed by atoms with E-state index in [4.69, 9.17) is 0 Å². The highest BCUT2D eigenvalue weighted by atomic mass is 19.4. The molecule has 0 radical (unpaired) electrons. The smallest absolute Gasteiger partial charge is 0.309 e. The molecule has 0 aliphatic carbocycles. The van der Waals surface area contributed by atoms with Crippen LogP contribution in [0.5, 0.6) is 0 Å². The first kappa shape index (κ1) is 59.0. The normalized spacial score (nSPS) is 11.2. The first-order chi connectivity index (χ1) is 45.3. The van der Waals surface area contributed by atoms with Crippen LogP contribution < -0.4 is 0 Å². The van der Waals surface area contributed by atoms with E-state index in [1.807, 2.05) is 45.5 Å². The predicted octanol–water partition coefficient (Wildman–Crippen LogP) is 18.8. The standard InChI is InChI=1S/C77H33F6N11/c78-76(79,80)61-7-8-62(69(33-61)77(81,82)83)56-6-14-75(94-73-12-4-54(59-23-48(39-89)17-49(24-59)40-90)30-66(73)67-31-55(5-13-74(67)94)60-25-50(41-91)18-51(26-60)42-92)68(32-56)63-27-43(34-84)1-9-70(63)93-71-10-2-52(57-19-44(35-85)15-45(20-57)36-86)28-64(71)65-29-53(3-11-72(65)93)58-21-46(37-87)16-47(22-58)38-88/h1-33H. The van der Waals surface area contributed by atoms with Crippen LogP contribution in [0.4, 0.5) is 26.3 Å². The Morgan fingerprint density at radius 3 is 0.830 bits per heavy atom. The lowest BCUT2D eigenvalue weighted by Gasteiger charge is -2.21.